The second kappa shape index (κ2) is 8.06. The molecule has 5 heteroatoms. The average molecular weight is 245 g/mol. The Morgan fingerprint density at radius 2 is 1.82 bits per heavy atom. The Morgan fingerprint density at radius 1 is 1.29 bits per heavy atom. The third-order valence-corrected chi connectivity index (χ3v) is 1.99. The zero-order valence-electron chi connectivity index (χ0n) is 11.2. The van der Waals surface area contributed by atoms with Gasteiger partial charge in [0, 0.05) is 20.2 Å². The first kappa shape index (κ1) is 15.9. The highest BCUT2D eigenvalue weighted by atomic mass is 16.6. The lowest BCUT2D eigenvalue weighted by atomic mass is 10.2. The Hall–Kier alpha value is -1.10. The minimum atomic E-state index is -0.361. The zero-order chi connectivity index (χ0) is 13.3. The summed E-state index contributed by atoms with van der Waals surface area (Å²) in [7, 11) is 1.48. The highest BCUT2D eigenvalue weighted by molar-refractivity contribution is 5.68. The van der Waals surface area contributed by atoms with Gasteiger partial charge in [-0.1, -0.05) is 0 Å². The topological polar surface area (TPSA) is 55.8 Å². The van der Waals surface area contributed by atoms with Gasteiger partial charge in [-0.3, -0.25) is 0 Å². The summed E-state index contributed by atoms with van der Waals surface area (Å²) < 4.78 is 9.53. The summed E-state index contributed by atoms with van der Waals surface area (Å²) >= 11 is 0. The summed E-state index contributed by atoms with van der Waals surface area (Å²) in [5.41, 5.74) is -0.361. The van der Waals surface area contributed by atoms with Crippen LogP contribution in [0.5, 0.6) is 0 Å². The van der Waals surface area contributed by atoms with E-state index in [-0.39, 0.29) is 18.3 Å². The van der Waals surface area contributed by atoms with Gasteiger partial charge < -0.3 is 19.2 Å². The molecule has 1 aliphatic rings. The average Bonchev–Trinajstić information content (AvgIpc) is 2.69. The number of hydrogen-bond acceptors (Lipinski definition) is 4. The largest absolute Gasteiger partial charge is 0.444 e. The van der Waals surface area contributed by atoms with E-state index in [2.05, 4.69) is 4.74 Å². The predicted molar refractivity (Wildman–Crippen MR) is 65.0 cm³/mol. The summed E-state index contributed by atoms with van der Waals surface area (Å²) in [6.45, 7) is 7.59. The van der Waals surface area contributed by atoms with Crippen LogP contribution in [0, 0.1) is 0 Å². The Balaban J connectivity index is 0.000000437. The molecule has 0 spiro atoms. The van der Waals surface area contributed by atoms with Crippen LogP contribution in [0.1, 0.15) is 33.6 Å². The molecule has 0 aromatic heterocycles. The molecule has 0 saturated carbocycles. The van der Waals surface area contributed by atoms with Gasteiger partial charge in [0.05, 0.1) is 0 Å². The molecule has 100 valence electrons. The maximum Gasteiger partial charge on any atom is 0.410 e. The first-order chi connectivity index (χ1) is 7.90. The van der Waals surface area contributed by atoms with Crippen molar-refractivity contribution in [3.8, 4) is 0 Å². The zero-order valence-corrected chi connectivity index (χ0v) is 11.2. The molecule has 0 aromatic carbocycles. The first-order valence-corrected chi connectivity index (χ1v) is 5.81. The maximum atomic E-state index is 11.4. The van der Waals surface area contributed by atoms with Crippen molar-refractivity contribution in [1.82, 2.24) is 4.90 Å². The quantitative estimate of drug-likeness (QED) is 0.697. The van der Waals surface area contributed by atoms with Gasteiger partial charge in [-0.05, 0) is 33.6 Å². The van der Waals surface area contributed by atoms with Crippen molar-refractivity contribution in [3.05, 3.63) is 0 Å². The van der Waals surface area contributed by atoms with E-state index in [1.165, 1.54) is 7.11 Å². The molecular weight excluding hydrogens is 222 g/mol. The van der Waals surface area contributed by atoms with E-state index in [1.54, 1.807) is 4.90 Å². The van der Waals surface area contributed by atoms with E-state index in [4.69, 9.17) is 4.74 Å². The summed E-state index contributed by atoms with van der Waals surface area (Å²) in [5.74, 6) is 0. The van der Waals surface area contributed by atoms with E-state index >= 15 is 0 Å². The maximum absolute atomic E-state index is 11.4. The summed E-state index contributed by atoms with van der Waals surface area (Å²) in [6, 6.07) is 0. The third-order valence-electron chi connectivity index (χ3n) is 1.99. The molecular formula is C12H23NO4. The molecule has 1 heterocycles. The number of carbonyl (C=O) groups is 2. The summed E-state index contributed by atoms with van der Waals surface area (Å²) in [6.07, 6.45) is 2.76. The van der Waals surface area contributed by atoms with E-state index in [1.807, 2.05) is 20.8 Å². The van der Waals surface area contributed by atoms with E-state index in [0.29, 0.717) is 6.29 Å². The summed E-state index contributed by atoms with van der Waals surface area (Å²) in [4.78, 5) is 22.4. The fourth-order valence-corrected chi connectivity index (χ4v) is 1.29. The van der Waals surface area contributed by atoms with Crippen LogP contribution in [0.15, 0.2) is 0 Å². The van der Waals surface area contributed by atoms with Crippen molar-refractivity contribution in [1.29, 1.82) is 0 Å². The van der Waals surface area contributed by atoms with Gasteiger partial charge in [-0.2, -0.15) is 0 Å². The highest BCUT2D eigenvalue weighted by Crippen LogP contribution is 2.14. The Labute approximate surface area is 103 Å². The van der Waals surface area contributed by atoms with Crippen LogP contribution in [0.3, 0.4) is 0 Å². The second-order valence-corrected chi connectivity index (χ2v) is 4.80. The monoisotopic (exact) mass is 245 g/mol. The van der Waals surface area contributed by atoms with Gasteiger partial charge in [0.1, 0.15) is 18.5 Å². The van der Waals surface area contributed by atoms with Crippen LogP contribution in [-0.2, 0) is 14.3 Å². The minimum absolute atomic E-state index is 0.167. The van der Waals surface area contributed by atoms with Crippen molar-refractivity contribution in [3.63, 3.8) is 0 Å². The number of ether oxygens (including phenoxy) is 2. The van der Waals surface area contributed by atoms with Crippen molar-refractivity contribution >= 4 is 12.4 Å². The molecule has 1 amide bonds. The van der Waals surface area contributed by atoms with Crippen LogP contribution in [0.4, 0.5) is 4.79 Å². The minimum Gasteiger partial charge on any atom is -0.444 e. The van der Waals surface area contributed by atoms with E-state index in [9.17, 15) is 9.59 Å². The van der Waals surface area contributed by atoms with Gasteiger partial charge in [-0.15, -0.1) is 0 Å². The number of hydrogen-bond donors (Lipinski definition) is 0. The van der Waals surface area contributed by atoms with Gasteiger partial charge >= 0.3 is 6.09 Å². The first-order valence-electron chi connectivity index (χ1n) is 5.81. The van der Waals surface area contributed by atoms with Gasteiger partial charge in [0.2, 0.25) is 0 Å². The molecule has 1 saturated heterocycles. The molecule has 0 radical (unpaired) electrons. The van der Waals surface area contributed by atoms with Crippen molar-refractivity contribution < 1.29 is 19.1 Å². The normalized spacial score (nSPS) is 14.9. The number of rotatable bonds is 2. The molecule has 0 bridgehead atoms. The van der Waals surface area contributed by atoms with Gasteiger partial charge in [0.25, 0.3) is 0 Å². The smallest absolute Gasteiger partial charge is 0.410 e. The standard InChI is InChI=1S/C9H17NO2.C3H6O2/c1-9(2,3)12-8(11)10-6-4-5-7-10;1-5-3-2-4/h4-7H2,1-3H3;2H,3H2,1H3. The molecule has 0 aromatic rings. The van der Waals surface area contributed by atoms with Crippen LogP contribution in [0.2, 0.25) is 0 Å². The van der Waals surface area contributed by atoms with Gasteiger partial charge in [-0.25, -0.2) is 4.79 Å². The van der Waals surface area contributed by atoms with Crippen molar-refractivity contribution in [2.45, 2.75) is 39.2 Å². The molecule has 0 atom stereocenters. The van der Waals surface area contributed by atoms with Crippen LogP contribution in [-0.4, -0.2) is 49.7 Å². The van der Waals surface area contributed by atoms with Crippen molar-refractivity contribution in [2.24, 2.45) is 0 Å². The lowest BCUT2D eigenvalue weighted by molar-refractivity contribution is -0.110. The SMILES string of the molecule is CC(C)(C)OC(=O)N1CCCC1.COCC=O. The number of aldehydes is 1. The third kappa shape index (κ3) is 8.68. The Morgan fingerprint density at radius 3 is 2.12 bits per heavy atom. The number of amides is 1. The number of carbonyl (C=O) groups excluding carboxylic acids is 2. The number of likely N-dealkylation sites (tertiary alicyclic amines) is 1. The summed E-state index contributed by atoms with van der Waals surface area (Å²) in [5, 5.41) is 0. The molecule has 1 fully saturated rings. The molecule has 5 nitrogen and oxygen atoms in total. The molecule has 17 heavy (non-hydrogen) atoms. The van der Waals surface area contributed by atoms with E-state index < -0.39 is 0 Å². The number of nitrogens with zero attached hydrogens (tertiary/aromatic N) is 1. The predicted octanol–water partition coefficient (Wildman–Crippen LogP) is 1.85. The van der Waals surface area contributed by atoms with Gasteiger partial charge in [0.15, 0.2) is 0 Å². The van der Waals surface area contributed by atoms with E-state index in [0.717, 1.165) is 25.9 Å². The molecule has 1 rings (SSSR count). The lowest BCUT2D eigenvalue weighted by Crippen LogP contribution is -2.34. The number of methoxy groups -OCH3 is 1. The highest BCUT2D eigenvalue weighted by Gasteiger charge is 2.23. The Bertz CT molecular complexity index is 229. The molecule has 0 unspecified atom stereocenters. The molecule has 0 aliphatic carbocycles. The molecule has 1 aliphatic heterocycles. The van der Waals surface area contributed by atoms with Crippen LogP contribution in [0.25, 0.3) is 0 Å². The lowest BCUT2D eigenvalue weighted by Gasteiger charge is -2.23. The fraction of sp³-hybridized carbons (Fsp3) is 0.833. The van der Waals surface area contributed by atoms with Crippen LogP contribution < -0.4 is 0 Å². The van der Waals surface area contributed by atoms with Crippen LogP contribution >= 0.6 is 0 Å². The Kier molecular flexibility index (Phi) is 7.54. The second-order valence-electron chi connectivity index (χ2n) is 4.80. The fourth-order valence-electron chi connectivity index (χ4n) is 1.29. The van der Waals surface area contributed by atoms with Crippen molar-refractivity contribution in [2.75, 3.05) is 26.8 Å². The molecule has 0 N–H and O–H groups in total.